The van der Waals surface area contributed by atoms with E-state index in [-0.39, 0.29) is 16.6 Å². The van der Waals surface area contributed by atoms with Crippen LogP contribution in [0.1, 0.15) is 0 Å². The van der Waals surface area contributed by atoms with Gasteiger partial charge in [0.25, 0.3) is 5.69 Å². The van der Waals surface area contributed by atoms with E-state index < -0.39 is 10.7 Å². The fourth-order valence-corrected chi connectivity index (χ4v) is 1.29. The zero-order valence-electron chi connectivity index (χ0n) is 7.68. The van der Waals surface area contributed by atoms with Gasteiger partial charge in [-0.2, -0.15) is 0 Å². The predicted octanol–water partition coefficient (Wildman–Crippen LogP) is 1.14. The lowest BCUT2D eigenvalue weighted by Crippen LogP contribution is -2.04. The molecule has 0 saturated carbocycles. The van der Waals surface area contributed by atoms with Crippen molar-refractivity contribution in [2.24, 2.45) is 0 Å². The summed E-state index contributed by atoms with van der Waals surface area (Å²) in [5.74, 6) is -0.619. The maximum Gasteiger partial charge on any atom is 0.280 e. The number of hydrogen-bond donors (Lipinski definition) is 0. The molecule has 0 N–H and O–H groups in total. The molecule has 0 saturated heterocycles. The molecule has 0 fully saturated rings. The second kappa shape index (κ2) is 3.19. The van der Waals surface area contributed by atoms with Gasteiger partial charge in [-0.05, 0) is 6.07 Å². The molecule has 6 nitrogen and oxygen atoms in total. The van der Waals surface area contributed by atoms with Crippen LogP contribution in [0.25, 0.3) is 10.9 Å². The molecule has 0 aliphatic heterocycles. The minimum Gasteiger partial charge on any atom is -0.400 e. The Labute approximate surface area is 83.0 Å². The summed E-state index contributed by atoms with van der Waals surface area (Å²) >= 11 is 0. The highest BCUT2D eigenvalue weighted by atomic mass is 19.1. The summed E-state index contributed by atoms with van der Waals surface area (Å²) in [7, 11) is 1.33. The minimum absolute atomic E-state index is 0.0777. The molecule has 0 spiro atoms. The molecule has 2 aromatic rings. The van der Waals surface area contributed by atoms with E-state index in [1.165, 1.54) is 13.3 Å². The number of benzene rings is 1. The second-order valence-electron chi connectivity index (χ2n) is 2.80. The smallest absolute Gasteiger partial charge is 0.280 e. The molecule has 0 aliphatic rings. The zero-order chi connectivity index (χ0) is 11.0. The maximum absolute atomic E-state index is 13.2. The molecule has 0 aliphatic carbocycles. The first kappa shape index (κ1) is 9.38. The van der Waals surface area contributed by atoms with Crippen molar-refractivity contribution in [3.05, 3.63) is 34.3 Å². The van der Waals surface area contributed by atoms with E-state index in [1.807, 2.05) is 0 Å². The summed E-state index contributed by atoms with van der Waals surface area (Å²) in [6.07, 6.45) is 1.26. The summed E-state index contributed by atoms with van der Waals surface area (Å²) in [4.78, 5) is 15.7. The van der Waals surface area contributed by atoms with Gasteiger partial charge in [0.2, 0.25) is 0 Å². The third-order valence-electron chi connectivity index (χ3n) is 1.97. The quantitative estimate of drug-likeness (QED) is 0.551. The lowest BCUT2D eigenvalue weighted by molar-refractivity contribution is -0.383. The van der Waals surface area contributed by atoms with Crippen molar-refractivity contribution in [1.82, 2.24) is 9.94 Å². The fraction of sp³-hybridized carbons (Fsp3) is 0.125. The molecule has 0 amide bonds. The Balaban J connectivity index is 2.80. The van der Waals surface area contributed by atoms with E-state index in [0.717, 1.165) is 17.0 Å². The molecule has 0 radical (unpaired) electrons. The van der Waals surface area contributed by atoms with Gasteiger partial charge in [0.1, 0.15) is 18.0 Å². The van der Waals surface area contributed by atoms with E-state index in [9.17, 15) is 14.5 Å². The van der Waals surface area contributed by atoms with Crippen LogP contribution in [-0.2, 0) is 0 Å². The summed E-state index contributed by atoms with van der Waals surface area (Å²) in [6.45, 7) is 0. The second-order valence-corrected chi connectivity index (χ2v) is 2.80. The van der Waals surface area contributed by atoms with Gasteiger partial charge in [0.15, 0.2) is 5.82 Å². The SMILES string of the molecule is COn1cc2c([N+](=O)[O-])ccc(F)c2n1. The Kier molecular flexibility index (Phi) is 2.00. The first-order valence-electron chi connectivity index (χ1n) is 4.00. The van der Waals surface area contributed by atoms with E-state index >= 15 is 0 Å². The number of nitro benzene ring substituents is 1. The number of nitro groups is 1. The van der Waals surface area contributed by atoms with Crippen LogP contribution in [0.15, 0.2) is 18.3 Å². The first-order chi connectivity index (χ1) is 7.13. The Bertz CT molecular complexity index is 537. The van der Waals surface area contributed by atoms with Crippen LogP contribution >= 0.6 is 0 Å². The maximum atomic E-state index is 13.2. The van der Waals surface area contributed by atoms with Crippen LogP contribution in [0.4, 0.5) is 10.1 Å². The Hall–Kier alpha value is -2.18. The van der Waals surface area contributed by atoms with Gasteiger partial charge in [-0.25, -0.2) is 4.39 Å². The third kappa shape index (κ3) is 1.37. The first-order valence-corrected chi connectivity index (χ1v) is 4.00. The van der Waals surface area contributed by atoms with Gasteiger partial charge < -0.3 is 4.84 Å². The number of nitrogens with zero attached hydrogens (tertiary/aromatic N) is 3. The van der Waals surface area contributed by atoms with Gasteiger partial charge in [-0.1, -0.05) is 0 Å². The normalized spacial score (nSPS) is 10.5. The monoisotopic (exact) mass is 211 g/mol. The molecule has 1 heterocycles. The van der Waals surface area contributed by atoms with Gasteiger partial charge in [0.05, 0.1) is 11.1 Å². The topological polar surface area (TPSA) is 70.2 Å². The standard InChI is InChI=1S/C8H6FN3O3/c1-15-11-4-5-7(12(13)14)3-2-6(9)8(5)10-11/h2-4H,1H3. The summed E-state index contributed by atoms with van der Waals surface area (Å²) in [5, 5.41) is 14.4. The molecule has 78 valence electrons. The van der Waals surface area contributed by atoms with Crippen molar-refractivity contribution in [2.75, 3.05) is 7.11 Å². The number of rotatable bonds is 2. The summed E-state index contributed by atoms with van der Waals surface area (Å²) < 4.78 is 13.2. The molecular weight excluding hydrogens is 205 g/mol. The Morgan fingerprint density at radius 3 is 2.93 bits per heavy atom. The van der Waals surface area contributed by atoms with Crippen LogP contribution < -0.4 is 4.84 Å². The van der Waals surface area contributed by atoms with Crippen LogP contribution in [0, 0.1) is 15.9 Å². The number of aromatic nitrogens is 2. The molecule has 15 heavy (non-hydrogen) atoms. The zero-order valence-corrected chi connectivity index (χ0v) is 7.68. The number of non-ortho nitro benzene ring substituents is 1. The minimum atomic E-state index is -0.619. The molecule has 1 aromatic carbocycles. The van der Waals surface area contributed by atoms with Crippen molar-refractivity contribution in [2.45, 2.75) is 0 Å². The van der Waals surface area contributed by atoms with Crippen LogP contribution in [0.2, 0.25) is 0 Å². The lowest BCUT2D eigenvalue weighted by Gasteiger charge is -1.92. The number of hydrogen-bond acceptors (Lipinski definition) is 4. The molecule has 0 bridgehead atoms. The number of fused-ring (bicyclic) bond motifs is 1. The molecule has 0 unspecified atom stereocenters. The molecule has 7 heteroatoms. The van der Waals surface area contributed by atoms with Crippen molar-refractivity contribution in [3.8, 4) is 0 Å². The molecular formula is C8H6FN3O3. The third-order valence-corrected chi connectivity index (χ3v) is 1.97. The summed E-state index contributed by atoms with van der Waals surface area (Å²) in [6, 6.07) is 2.10. The van der Waals surface area contributed by atoms with Crippen LogP contribution in [0.5, 0.6) is 0 Å². The predicted molar refractivity (Wildman–Crippen MR) is 48.8 cm³/mol. The van der Waals surface area contributed by atoms with Crippen molar-refractivity contribution < 1.29 is 14.2 Å². The fourth-order valence-electron chi connectivity index (χ4n) is 1.29. The van der Waals surface area contributed by atoms with Gasteiger partial charge >= 0.3 is 0 Å². The van der Waals surface area contributed by atoms with Gasteiger partial charge in [0, 0.05) is 6.07 Å². The van der Waals surface area contributed by atoms with Crippen LogP contribution in [0.3, 0.4) is 0 Å². The van der Waals surface area contributed by atoms with Crippen molar-refractivity contribution in [3.63, 3.8) is 0 Å². The van der Waals surface area contributed by atoms with Crippen molar-refractivity contribution in [1.29, 1.82) is 0 Å². The van der Waals surface area contributed by atoms with E-state index in [0.29, 0.717) is 0 Å². The Morgan fingerprint density at radius 2 is 2.33 bits per heavy atom. The van der Waals surface area contributed by atoms with Crippen molar-refractivity contribution >= 4 is 16.6 Å². The number of halogens is 1. The Morgan fingerprint density at radius 1 is 1.60 bits per heavy atom. The van der Waals surface area contributed by atoms with Gasteiger partial charge in [-0.15, -0.1) is 9.94 Å². The summed E-state index contributed by atoms with van der Waals surface area (Å²) in [5.41, 5.74) is -0.277. The highest BCUT2D eigenvalue weighted by molar-refractivity contribution is 5.87. The van der Waals surface area contributed by atoms with E-state index in [2.05, 4.69) is 5.10 Å². The average molecular weight is 211 g/mol. The van der Waals surface area contributed by atoms with E-state index in [4.69, 9.17) is 4.84 Å². The largest absolute Gasteiger partial charge is 0.400 e. The van der Waals surface area contributed by atoms with E-state index in [1.54, 1.807) is 0 Å². The highest BCUT2D eigenvalue weighted by Gasteiger charge is 2.18. The molecule has 2 rings (SSSR count). The van der Waals surface area contributed by atoms with Crippen LogP contribution in [-0.4, -0.2) is 22.0 Å². The molecule has 0 atom stereocenters. The molecule has 1 aromatic heterocycles. The van der Waals surface area contributed by atoms with Gasteiger partial charge in [-0.3, -0.25) is 10.1 Å². The highest BCUT2D eigenvalue weighted by Crippen LogP contribution is 2.26. The lowest BCUT2D eigenvalue weighted by atomic mass is 10.2. The average Bonchev–Trinajstić information content (AvgIpc) is 2.62.